The molecule has 0 aliphatic rings. The lowest BCUT2D eigenvalue weighted by atomic mass is 10.1. The highest BCUT2D eigenvalue weighted by Gasteiger charge is 2.23. The summed E-state index contributed by atoms with van der Waals surface area (Å²) in [5.41, 5.74) is 8.41. The zero-order valence-electron chi connectivity index (χ0n) is 18.9. The highest BCUT2D eigenvalue weighted by Crippen LogP contribution is 2.18. The number of hydrogen-bond donors (Lipinski definition) is 2. The normalized spacial score (nSPS) is 10.9. The molecule has 0 aliphatic heterocycles. The van der Waals surface area contributed by atoms with Crippen LogP contribution in [0.25, 0.3) is 0 Å². The molecule has 0 aromatic heterocycles. The Morgan fingerprint density at radius 2 is 1.68 bits per heavy atom. The van der Waals surface area contributed by atoms with Crippen molar-refractivity contribution in [2.75, 3.05) is 26.0 Å². The molecule has 31 heavy (non-hydrogen) atoms. The molecule has 2 rings (SSSR count). The molecule has 8 heteroatoms. The van der Waals surface area contributed by atoms with Gasteiger partial charge in [-0.25, -0.2) is 8.42 Å². The summed E-state index contributed by atoms with van der Waals surface area (Å²) in [5.74, 6) is 0.295. The van der Waals surface area contributed by atoms with Crippen LogP contribution in [0, 0.1) is 0 Å². The molecule has 0 bridgehead atoms. The number of carbonyl (C=O) groups is 1. The van der Waals surface area contributed by atoms with Crippen LogP contribution in [0.2, 0.25) is 0 Å². The van der Waals surface area contributed by atoms with E-state index in [1.165, 1.54) is 4.31 Å². The first-order chi connectivity index (χ1) is 14.9. The lowest BCUT2D eigenvalue weighted by Gasteiger charge is -2.21. The Labute approximate surface area is 186 Å². The van der Waals surface area contributed by atoms with Crippen LogP contribution in [0.1, 0.15) is 37.5 Å². The first-order valence-corrected chi connectivity index (χ1v) is 12.1. The summed E-state index contributed by atoms with van der Waals surface area (Å²) in [5, 5.41) is 2.78. The van der Waals surface area contributed by atoms with E-state index in [1.54, 1.807) is 14.0 Å². The molecule has 1 amide bonds. The van der Waals surface area contributed by atoms with Gasteiger partial charge in [0.15, 0.2) is 0 Å². The number of sulfonamides is 1. The molecule has 3 N–H and O–H groups in total. The molecule has 0 radical (unpaired) electrons. The van der Waals surface area contributed by atoms with Gasteiger partial charge in [0.2, 0.25) is 15.9 Å². The molecular formula is C23H35N3O4S. The maximum absolute atomic E-state index is 12.5. The topological polar surface area (TPSA) is 102 Å². The molecule has 172 valence electrons. The fourth-order valence-electron chi connectivity index (χ4n) is 2.86. The highest BCUT2D eigenvalue weighted by molar-refractivity contribution is 7.89. The van der Waals surface area contributed by atoms with Crippen LogP contribution in [0.4, 0.5) is 0 Å². The SMILES string of the molecule is CC.CCS(=O)(=O)N(CCc1ccccc1OC)CC(=O)NCc1ccc(CN)cc1. The van der Waals surface area contributed by atoms with Crippen LogP contribution in [-0.4, -0.2) is 44.6 Å². The smallest absolute Gasteiger partial charge is 0.235 e. The number of rotatable bonds is 11. The number of methoxy groups -OCH3 is 1. The third-order valence-corrected chi connectivity index (χ3v) is 6.48. The standard InChI is InChI=1S/C21H29N3O4S.C2H6/c1-3-29(26,27)24(13-12-19-6-4-5-7-20(19)28-2)16-21(25)23-15-18-10-8-17(14-22)9-11-18;1-2/h4-11H,3,12-16,22H2,1-2H3,(H,23,25);1-2H3. The van der Waals surface area contributed by atoms with Crippen LogP contribution < -0.4 is 15.8 Å². The number of carbonyl (C=O) groups excluding carboxylic acids is 1. The number of ether oxygens (including phenoxy) is 1. The zero-order valence-corrected chi connectivity index (χ0v) is 19.7. The second-order valence-corrected chi connectivity index (χ2v) is 8.85. The van der Waals surface area contributed by atoms with Gasteiger partial charge in [-0.2, -0.15) is 4.31 Å². The van der Waals surface area contributed by atoms with E-state index in [4.69, 9.17) is 10.5 Å². The van der Waals surface area contributed by atoms with Crippen molar-refractivity contribution in [2.24, 2.45) is 5.73 Å². The molecule has 0 saturated carbocycles. The lowest BCUT2D eigenvalue weighted by Crippen LogP contribution is -2.42. The minimum Gasteiger partial charge on any atom is -0.496 e. The van der Waals surface area contributed by atoms with Gasteiger partial charge in [0.1, 0.15) is 5.75 Å². The minimum atomic E-state index is -3.52. The van der Waals surface area contributed by atoms with Crippen LogP contribution in [0.5, 0.6) is 5.75 Å². The Kier molecular flexibility index (Phi) is 11.8. The average molecular weight is 450 g/mol. The van der Waals surface area contributed by atoms with E-state index in [0.29, 0.717) is 25.3 Å². The first-order valence-electron chi connectivity index (χ1n) is 10.5. The van der Waals surface area contributed by atoms with E-state index in [-0.39, 0.29) is 24.7 Å². The van der Waals surface area contributed by atoms with Crippen molar-refractivity contribution in [3.8, 4) is 5.75 Å². The largest absolute Gasteiger partial charge is 0.496 e. The van der Waals surface area contributed by atoms with Crippen molar-refractivity contribution < 1.29 is 17.9 Å². The third-order valence-electron chi connectivity index (χ3n) is 4.65. The van der Waals surface area contributed by atoms with Crippen molar-refractivity contribution in [3.63, 3.8) is 0 Å². The molecule has 0 fully saturated rings. The van der Waals surface area contributed by atoms with E-state index in [0.717, 1.165) is 16.7 Å². The molecule has 2 aromatic carbocycles. The number of nitrogens with two attached hydrogens (primary N) is 1. The van der Waals surface area contributed by atoms with Crippen LogP contribution >= 0.6 is 0 Å². The van der Waals surface area contributed by atoms with Gasteiger partial charge >= 0.3 is 0 Å². The Hall–Kier alpha value is -2.42. The number of nitrogens with zero attached hydrogens (tertiary/aromatic N) is 1. The Bertz CT molecular complexity index is 899. The first kappa shape index (κ1) is 26.6. The van der Waals surface area contributed by atoms with Gasteiger partial charge in [-0.15, -0.1) is 0 Å². The number of hydrogen-bond acceptors (Lipinski definition) is 5. The molecule has 0 aliphatic carbocycles. The van der Waals surface area contributed by atoms with Crippen LogP contribution in [-0.2, 0) is 34.3 Å². The maximum Gasteiger partial charge on any atom is 0.235 e. The van der Waals surface area contributed by atoms with Crippen molar-refractivity contribution in [2.45, 2.75) is 40.3 Å². The fourth-order valence-corrected chi connectivity index (χ4v) is 3.91. The summed E-state index contributed by atoms with van der Waals surface area (Å²) in [7, 11) is -1.94. The molecule has 0 heterocycles. The van der Waals surface area contributed by atoms with Gasteiger partial charge in [0.05, 0.1) is 19.4 Å². The van der Waals surface area contributed by atoms with Gasteiger partial charge in [0.25, 0.3) is 0 Å². The quantitative estimate of drug-likeness (QED) is 0.549. The third kappa shape index (κ3) is 8.69. The molecule has 0 spiro atoms. The molecule has 0 saturated heterocycles. The van der Waals surface area contributed by atoms with Gasteiger partial charge in [0, 0.05) is 19.6 Å². The molecule has 7 nitrogen and oxygen atoms in total. The van der Waals surface area contributed by atoms with Gasteiger partial charge in [-0.05, 0) is 36.1 Å². The summed E-state index contributed by atoms with van der Waals surface area (Å²) in [6, 6.07) is 15.0. The average Bonchev–Trinajstić information content (AvgIpc) is 2.82. The highest BCUT2D eigenvalue weighted by atomic mass is 32.2. The van der Waals surface area contributed by atoms with E-state index < -0.39 is 10.0 Å². The van der Waals surface area contributed by atoms with Crippen LogP contribution in [0.15, 0.2) is 48.5 Å². The Morgan fingerprint density at radius 3 is 2.26 bits per heavy atom. The summed E-state index contributed by atoms with van der Waals surface area (Å²) in [4.78, 5) is 12.4. The second kappa shape index (κ2) is 13.8. The Balaban J connectivity index is 0.00000233. The van der Waals surface area contributed by atoms with Crippen molar-refractivity contribution in [3.05, 3.63) is 65.2 Å². The summed E-state index contributed by atoms with van der Waals surface area (Å²) in [6.45, 7) is 6.35. The second-order valence-electron chi connectivity index (χ2n) is 6.59. The predicted molar refractivity (Wildman–Crippen MR) is 125 cm³/mol. The van der Waals surface area contributed by atoms with Crippen molar-refractivity contribution in [1.29, 1.82) is 0 Å². The van der Waals surface area contributed by atoms with E-state index in [9.17, 15) is 13.2 Å². The van der Waals surface area contributed by atoms with Crippen molar-refractivity contribution >= 4 is 15.9 Å². The predicted octanol–water partition coefficient (Wildman–Crippen LogP) is 2.69. The molecule has 0 atom stereocenters. The van der Waals surface area contributed by atoms with Gasteiger partial charge in [-0.1, -0.05) is 56.3 Å². The minimum absolute atomic E-state index is 0.0627. The summed E-state index contributed by atoms with van der Waals surface area (Å²) < 4.78 is 31.5. The van der Waals surface area contributed by atoms with Gasteiger partial charge < -0.3 is 15.8 Å². The lowest BCUT2D eigenvalue weighted by molar-refractivity contribution is -0.121. The number of para-hydroxylation sites is 1. The monoisotopic (exact) mass is 449 g/mol. The number of nitrogens with one attached hydrogen (secondary N) is 1. The van der Waals surface area contributed by atoms with Crippen LogP contribution in [0.3, 0.4) is 0 Å². The number of benzene rings is 2. The Morgan fingerprint density at radius 1 is 1.06 bits per heavy atom. The zero-order chi connectivity index (χ0) is 23.3. The van der Waals surface area contributed by atoms with E-state index in [2.05, 4.69) is 5.32 Å². The maximum atomic E-state index is 12.5. The summed E-state index contributed by atoms with van der Waals surface area (Å²) >= 11 is 0. The van der Waals surface area contributed by atoms with Gasteiger partial charge in [-0.3, -0.25) is 4.79 Å². The molecule has 0 unspecified atom stereocenters. The molecular weight excluding hydrogens is 414 g/mol. The number of amides is 1. The molecule has 2 aromatic rings. The van der Waals surface area contributed by atoms with E-state index in [1.807, 2.05) is 62.4 Å². The van der Waals surface area contributed by atoms with Crippen molar-refractivity contribution in [1.82, 2.24) is 9.62 Å². The fraction of sp³-hybridized carbons (Fsp3) is 0.435. The summed E-state index contributed by atoms with van der Waals surface area (Å²) in [6.07, 6.45) is 0.455. The van der Waals surface area contributed by atoms with E-state index >= 15 is 0 Å².